The highest BCUT2D eigenvalue weighted by Crippen LogP contribution is 2.43. The van der Waals surface area contributed by atoms with E-state index in [4.69, 9.17) is 4.42 Å². The van der Waals surface area contributed by atoms with E-state index in [9.17, 15) is 0 Å². The van der Waals surface area contributed by atoms with Gasteiger partial charge in [-0.15, -0.1) is 11.3 Å². The molecule has 0 aliphatic rings. The van der Waals surface area contributed by atoms with Crippen molar-refractivity contribution < 1.29 is 4.42 Å². The minimum Gasteiger partial charge on any atom is -0.456 e. The van der Waals surface area contributed by atoms with E-state index in [0.29, 0.717) is 0 Å². The van der Waals surface area contributed by atoms with Gasteiger partial charge in [-0.3, -0.25) is 0 Å². The molecule has 0 aliphatic heterocycles. The lowest BCUT2D eigenvalue weighted by molar-refractivity contribution is 0.669. The summed E-state index contributed by atoms with van der Waals surface area (Å²) in [6, 6.07) is 54.4. The molecule has 2 nitrogen and oxygen atoms in total. The second-order valence-electron chi connectivity index (χ2n) is 11.0. The molecular weight excluding hydrogens is 543 g/mol. The van der Waals surface area contributed by atoms with Crippen LogP contribution >= 0.6 is 11.3 Å². The van der Waals surface area contributed by atoms with Crippen molar-refractivity contribution in [3.63, 3.8) is 0 Å². The quantitative estimate of drug-likeness (QED) is 0.210. The standard InChI is InChI=1S/C40H25NOS/c1-2-8-26(9-3-1)27-14-18-29(19-15-27)41(31-21-22-33-32-10-5-7-13-38(32)43-39(33)25-31)30-20-16-28-17-23-37-40(35(28)24-30)34-11-4-6-12-36(34)42-37/h1-25H. The summed E-state index contributed by atoms with van der Waals surface area (Å²) < 4.78 is 8.85. The summed E-state index contributed by atoms with van der Waals surface area (Å²) in [7, 11) is 0. The Morgan fingerprint density at radius 3 is 1.95 bits per heavy atom. The lowest BCUT2D eigenvalue weighted by Gasteiger charge is -2.26. The Bertz CT molecular complexity index is 2450. The SMILES string of the molecule is c1ccc(-c2ccc(N(c3ccc4c(c3)sc3ccccc34)c3ccc4ccc5oc6ccccc6c5c4c3)cc2)cc1. The van der Waals surface area contributed by atoms with Crippen molar-refractivity contribution in [2.75, 3.05) is 4.90 Å². The first-order valence-electron chi connectivity index (χ1n) is 14.5. The van der Waals surface area contributed by atoms with E-state index in [2.05, 4.69) is 144 Å². The molecule has 0 unspecified atom stereocenters. The third kappa shape index (κ3) is 3.93. The molecule has 7 aromatic carbocycles. The third-order valence-electron chi connectivity index (χ3n) is 8.45. The maximum atomic E-state index is 6.25. The summed E-state index contributed by atoms with van der Waals surface area (Å²) in [5, 5.41) is 7.30. The van der Waals surface area contributed by atoms with Gasteiger partial charge in [0.2, 0.25) is 0 Å². The molecule has 2 heterocycles. The largest absolute Gasteiger partial charge is 0.456 e. The maximum Gasteiger partial charge on any atom is 0.136 e. The van der Waals surface area contributed by atoms with E-state index >= 15 is 0 Å². The molecule has 0 amide bonds. The van der Waals surface area contributed by atoms with Gasteiger partial charge in [0.1, 0.15) is 11.2 Å². The molecule has 3 heteroatoms. The number of hydrogen-bond donors (Lipinski definition) is 0. The van der Waals surface area contributed by atoms with E-state index in [-0.39, 0.29) is 0 Å². The topological polar surface area (TPSA) is 16.4 Å². The number of para-hydroxylation sites is 1. The van der Waals surface area contributed by atoms with Crippen molar-refractivity contribution in [3.05, 3.63) is 152 Å². The summed E-state index contributed by atoms with van der Waals surface area (Å²) in [5.74, 6) is 0. The first-order chi connectivity index (χ1) is 21.3. The van der Waals surface area contributed by atoms with Crippen molar-refractivity contribution in [2.24, 2.45) is 0 Å². The number of hydrogen-bond acceptors (Lipinski definition) is 3. The molecule has 202 valence electrons. The fourth-order valence-corrected chi connectivity index (χ4v) is 7.54. The molecular formula is C40H25NOS. The van der Waals surface area contributed by atoms with Gasteiger partial charge in [-0.05, 0) is 76.5 Å². The Kier molecular flexibility index (Phi) is 5.40. The molecule has 2 aromatic heterocycles. The molecule has 0 N–H and O–H groups in total. The van der Waals surface area contributed by atoms with Crippen molar-refractivity contribution in [3.8, 4) is 11.1 Å². The van der Waals surface area contributed by atoms with Gasteiger partial charge in [0.05, 0.1) is 0 Å². The second-order valence-corrected chi connectivity index (χ2v) is 12.1. The van der Waals surface area contributed by atoms with Gasteiger partial charge in [-0.1, -0.05) is 97.1 Å². The van der Waals surface area contributed by atoms with Crippen LogP contribution in [0.3, 0.4) is 0 Å². The Labute approximate surface area is 252 Å². The molecule has 0 fully saturated rings. The van der Waals surface area contributed by atoms with Crippen LogP contribution in [0.1, 0.15) is 0 Å². The number of nitrogens with zero attached hydrogens (tertiary/aromatic N) is 1. The van der Waals surface area contributed by atoms with Gasteiger partial charge < -0.3 is 9.32 Å². The van der Waals surface area contributed by atoms with Crippen molar-refractivity contribution >= 4 is 81.3 Å². The second kappa shape index (κ2) is 9.59. The molecule has 0 aliphatic carbocycles. The normalized spacial score (nSPS) is 11.7. The number of benzene rings is 7. The van der Waals surface area contributed by atoms with Gasteiger partial charge in [-0.25, -0.2) is 0 Å². The average Bonchev–Trinajstić information content (AvgIpc) is 3.64. The summed E-state index contributed by atoms with van der Waals surface area (Å²) in [6.07, 6.45) is 0. The Balaban J connectivity index is 1.27. The van der Waals surface area contributed by atoms with E-state index in [1.165, 1.54) is 42.1 Å². The molecule has 0 radical (unpaired) electrons. The van der Waals surface area contributed by atoms with Gasteiger partial charge in [-0.2, -0.15) is 0 Å². The van der Waals surface area contributed by atoms with E-state index in [1.807, 2.05) is 23.5 Å². The van der Waals surface area contributed by atoms with Crippen LogP contribution < -0.4 is 4.90 Å². The third-order valence-corrected chi connectivity index (χ3v) is 9.59. The first kappa shape index (κ1) is 24.2. The van der Waals surface area contributed by atoms with Crippen LogP contribution in [0.4, 0.5) is 17.1 Å². The minimum absolute atomic E-state index is 0.913. The van der Waals surface area contributed by atoms with Crippen LogP contribution in [-0.4, -0.2) is 0 Å². The number of furan rings is 1. The van der Waals surface area contributed by atoms with E-state index < -0.39 is 0 Å². The van der Waals surface area contributed by atoms with Crippen LogP contribution in [0.2, 0.25) is 0 Å². The zero-order chi connectivity index (χ0) is 28.3. The van der Waals surface area contributed by atoms with E-state index in [1.54, 1.807) is 0 Å². The first-order valence-corrected chi connectivity index (χ1v) is 15.3. The van der Waals surface area contributed by atoms with E-state index in [0.717, 1.165) is 39.0 Å². The molecule has 0 saturated heterocycles. The lowest BCUT2D eigenvalue weighted by atomic mass is 10.0. The molecule has 0 saturated carbocycles. The number of anilines is 3. The zero-order valence-corrected chi connectivity index (χ0v) is 24.0. The van der Waals surface area contributed by atoms with Crippen LogP contribution in [-0.2, 0) is 0 Å². The van der Waals surface area contributed by atoms with Crippen molar-refractivity contribution in [1.82, 2.24) is 0 Å². The maximum absolute atomic E-state index is 6.25. The number of fused-ring (bicyclic) bond motifs is 8. The fourth-order valence-electron chi connectivity index (χ4n) is 6.40. The average molecular weight is 568 g/mol. The van der Waals surface area contributed by atoms with Gasteiger partial charge in [0.25, 0.3) is 0 Å². The predicted molar refractivity (Wildman–Crippen MR) is 184 cm³/mol. The fraction of sp³-hybridized carbons (Fsp3) is 0. The highest BCUT2D eigenvalue weighted by Gasteiger charge is 2.17. The van der Waals surface area contributed by atoms with Crippen molar-refractivity contribution in [1.29, 1.82) is 0 Å². The van der Waals surface area contributed by atoms with Crippen LogP contribution in [0, 0.1) is 0 Å². The monoisotopic (exact) mass is 567 g/mol. The smallest absolute Gasteiger partial charge is 0.136 e. The Morgan fingerprint density at radius 2 is 1.07 bits per heavy atom. The Morgan fingerprint density at radius 1 is 0.419 bits per heavy atom. The van der Waals surface area contributed by atoms with Crippen LogP contribution in [0.15, 0.2) is 156 Å². The summed E-state index contributed by atoms with van der Waals surface area (Å²) in [6.45, 7) is 0. The Hall–Kier alpha value is -5.38. The van der Waals surface area contributed by atoms with Gasteiger partial charge in [0.15, 0.2) is 0 Å². The highest BCUT2D eigenvalue weighted by molar-refractivity contribution is 7.25. The van der Waals surface area contributed by atoms with Crippen LogP contribution in [0.5, 0.6) is 0 Å². The van der Waals surface area contributed by atoms with Gasteiger partial charge >= 0.3 is 0 Å². The molecule has 0 spiro atoms. The molecule has 0 bridgehead atoms. The molecule has 9 rings (SSSR count). The molecule has 9 aromatic rings. The summed E-state index contributed by atoms with van der Waals surface area (Å²) in [4.78, 5) is 2.37. The number of thiophene rings is 1. The predicted octanol–water partition coefficient (Wildman–Crippen LogP) is 12.2. The van der Waals surface area contributed by atoms with Gasteiger partial charge in [0, 0.05) is 48.0 Å². The molecule has 0 atom stereocenters. The van der Waals surface area contributed by atoms with Crippen molar-refractivity contribution in [2.45, 2.75) is 0 Å². The summed E-state index contributed by atoms with van der Waals surface area (Å²) >= 11 is 1.85. The van der Waals surface area contributed by atoms with Crippen LogP contribution in [0.25, 0.3) is 64.0 Å². The molecule has 43 heavy (non-hydrogen) atoms. The summed E-state index contributed by atoms with van der Waals surface area (Å²) in [5.41, 5.74) is 7.61. The lowest BCUT2D eigenvalue weighted by Crippen LogP contribution is -2.09. The number of rotatable bonds is 4. The zero-order valence-electron chi connectivity index (χ0n) is 23.2. The highest BCUT2D eigenvalue weighted by atomic mass is 32.1. The minimum atomic E-state index is 0.913.